The average molecular weight is 411 g/mol. The van der Waals surface area contributed by atoms with E-state index in [1.165, 1.54) is 0 Å². The maximum Gasteiger partial charge on any atom is 0.408 e. The average Bonchev–Trinajstić information content (AvgIpc) is 2.66. The third-order valence-corrected chi connectivity index (χ3v) is 3.58. The van der Waals surface area contributed by atoms with Gasteiger partial charge < -0.3 is 21.1 Å². The van der Waals surface area contributed by atoms with E-state index in [0.29, 0.717) is 11.4 Å². The Balaban J connectivity index is 2.01. The Labute approximate surface area is 174 Å². The van der Waals surface area contributed by atoms with Crippen LogP contribution < -0.4 is 16.4 Å². The number of alkyl carbamates (subject to hydrolysis) is 1. The third-order valence-electron chi connectivity index (χ3n) is 3.58. The molecule has 0 spiro atoms. The summed E-state index contributed by atoms with van der Waals surface area (Å²) in [6.07, 6.45) is -1.19. The van der Waals surface area contributed by atoms with Crippen LogP contribution in [0.5, 0.6) is 0 Å². The van der Waals surface area contributed by atoms with Crippen LogP contribution in [-0.4, -0.2) is 29.6 Å². The molecule has 0 heterocycles. The van der Waals surface area contributed by atoms with Crippen molar-refractivity contribution in [3.8, 4) is 0 Å². The second kappa shape index (κ2) is 10.1. The third kappa shape index (κ3) is 8.09. The van der Waals surface area contributed by atoms with Crippen molar-refractivity contribution in [2.75, 3.05) is 5.32 Å². The van der Waals surface area contributed by atoms with Gasteiger partial charge in [0.15, 0.2) is 0 Å². The van der Waals surface area contributed by atoms with Gasteiger partial charge in [0.05, 0.1) is 17.8 Å². The Hall–Kier alpha value is -3.75. The number of anilines is 1. The lowest BCUT2D eigenvalue weighted by Gasteiger charge is -2.22. The molecule has 0 aliphatic rings. The Bertz CT molecular complexity index is 905. The van der Waals surface area contributed by atoms with E-state index in [1.807, 2.05) is 30.3 Å². The number of carbonyl (C=O) groups excluding carboxylic acids is 3. The monoisotopic (exact) mass is 411 g/mol. The van der Waals surface area contributed by atoms with Gasteiger partial charge in [-0.3, -0.25) is 9.59 Å². The Kier molecular flexibility index (Phi) is 7.62. The van der Waals surface area contributed by atoms with E-state index in [0.717, 1.165) is 5.69 Å². The normalized spacial score (nSPS) is 12.2. The minimum atomic E-state index is -1.17. The van der Waals surface area contributed by atoms with E-state index in [-0.39, 0.29) is 6.42 Å². The van der Waals surface area contributed by atoms with Crippen LogP contribution in [0.4, 0.5) is 21.9 Å². The van der Waals surface area contributed by atoms with Gasteiger partial charge in [-0.15, -0.1) is 0 Å². The molecule has 0 saturated carbocycles. The fraction of sp³-hybridized carbons (Fsp3) is 0.286. The van der Waals surface area contributed by atoms with Gasteiger partial charge in [-0.25, -0.2) is 4.79 Å². The number of nitrogens with two attached hydrogens (primary N) is 1. The van der Waals surface area contributed by atoms with Crippen molar-refractivity contribution in [1.82, 2.24) is 5.32 Å². The number of carbonyl (C=O) groups is 3. The fourth-order valence-electron chi connectivity index (χ4n) is 2.31. The van der Waals surface area contributed by atoms with E-state index >= 15 is 0 Å². The summed E-state index contributed by atoms with van der Waals surface area (Å²) in [4.78, 5) is 35.8. The van der Waals surface area contributed by atoms with Crippen molar-refractivity contribution in [1.29, 1.82) is 0 Å². The molecule has 2 rings (SSSR count). The lowest BCUT2D eigenvalue weighted by atomic mass is 10.1. The van der Waals surface area contributed by atoms with Crippen LogP contribution in [0.25, 0.3) is 0 Å². The van der Waals surface area contributed by atoms with Crippen LogP contribution in [0, 0.1) is 0 Å². The molecule has 0 aliphatic heterocycles. The molecule has 1 unspecified atom stereocenters. The Morgan fingerprint density at radius 1 is 0.967 bits per heavy atom. The zero-order valence-electron chi connectivity index (χ0n) is 17.1. The molecule has 0 aromatic heterocycles. The highest BCUT2D eigenvalue weighted by molar-refractivity contribution is 5.99. The predicted molar refractivity (Wildman–Crippen MR) is 113 cm³/mol. The van der Waals surface area contributed by atoms with Gasteiger partial charge in [0.25, 0.3) is 0 Å². The van der Waals surface area contributed by atoms with E-state index in [9.17, 15) is 14.4 Å². The summed E-state index contributed by atoms with van der Waals surface area (Å²) >= 11 is 0. The summed E-state index contributed by atoms with van der Waals surface area (Å²) in [7, 11) is 0. The molecule has 2 aromatic carbocycles. The Morgan fingerprint density at radius 2 is 1.53 bits per heavy atom. The molecule has 158 valence electrons. The number of benzene rings is 2. The predicted octanol–water partition coefficient (Wildman–Crippen LogP) is 3.81. The number of nitrogens with zero attached hydrogens (tertiary/aromatic N) is 2. The van der Waals surface area contributed by atoms with E-state index in [1.54, 1.807) is 45.0 Å². The highest BCUT2D eigenvalue weighted by atomic mass is 16.6. The number of ether oxygens (including phenoxy) is 1. The van der Waals surface area contributed by atoms with Gasteiger partial charge in [0.1, 0.15) is 11.6 Å². The number of rotatable bonds is 7. The summed E-state index contributed by atoms with van der Waals surface area (Å²) in [5, 5.41) is 13.2. The quantitative estimate of drug-likeness (QED) is 0.597. The SMILES string of the molecule is CC(C)(C)OC(=O)NC(CC(N)=O)C(=O)Nc1ccc(N=Nc2ccccc2)cc1. The van der Waals surface area contributed by atoms with Crippen LogP contribution in [0.2, 0.25) is 0 Å². The standard InChI is InChI=1S/C21H25N5O4/c1-21(2,3)30-20(29)24-17(13-18(22)27)19(28)23-14-9-11-16(12-10-14)26-25-15-7-5-4-6-8-15/h4-12,17H,13H2,1-3H3,(H2,22,27)(H,23,28)(H,24,29). The molecule has 0 fully saturated rings. The highest BCUT2D eigenvalue weighted by Crippen LogP contribution is 2.20. The summed E-state index contributed by atoms with van der Waals surface area (Å²) in [5.41, 5.74) is 6.22. The number of hydrogen-bond acceptors (Lipinski definition) is 6. The summed E-state index contributed by atoms with van der Waals surface area (Å²) in [6.45, 7) is 5.06. The maximum absolute atomic E-state index is 12.5. The number of amides is 3. The minimum Gasteiger partial charge on any atom is -0.444 e. The summed E-state index contributed by atoms with van der Waals surface area (Å²) in [5.74, 6) is -1.33. The van der Waals surface area contributed by atoms with Crippen molar-refractivity contribution in [2.24, 2.45) is 16.0 Å². The van der Waals surface area contributed by atoms with Crippen LogP contribution in [0.15, 0.2) is 64.8 Å². The molecule has 0 aliphatic carbocycles. The zero-order chi connectivity index (χ0) is 22.1. The number of primary amides is 1. The molecular formula is C21H25N5O4. The minimum absolute atomic E-state index is 0.367. The van der Waals surface area contributed by atoms with Crippen molar-refractivity contribution < 1.29 is 19.1 Å². The second-order valence-electron chi connectivity index (χ2n) is 7.44. The van der Waals surface area contributed by atoms with Crippen LogP contribution >= 0.6 is 0 Å². The number of hydrogen-bond donors (Lipinski definition) is 3. The molecule has 0 radical (unpaired) electrons. The van der Waals surface area contributed by atoms with Crippen molar-refractivity contribution in [2.45, 2.75) is 38.8 Å². The fourth-order valence-corrected chi connectivity index (χ4v) is 2.31. The molecule has 30 heavy (non-hydrogen) atoms. The molecular weight excluding hydrogens is 386 g/mol. The van der Waals surface area contributed by atoms with Crippen LogP contribution in [0.1, 0.15) is 27.2 Å². The largest absolute Gasteiger partial charge is 0.444 e. The first-order valence-corrected chi connectivity index (χ1v) is 9.28. The van der Waals surface area contributed by atoms with Crippen molar-refractivity contribution >= 4 is 35.0 Å². The van der Waals surface area contributed by atoms with Crippen LogP contribution in [-0.2, 0) is 14.3 Å². The second-order valence-corrected chi connectivity index (χ2v) is 7.44. The lowest BCUT2D eigenvalue weighted by Crippen LogP contribution is -2.47. The van der Waals surface area contributed by atoms with Gasteiger partial charge in [-0.2, -0.15) is 10.2 Å². The highest BCUT2D eigenvalue weighted by Gasteiger charge is 2.26. The summed E-state index contributed by atoms with van der Waals surface area (Å²) in [6, 6.07) is 14.7. The molecule has 4 N–H and O–H groups in total. The molecule has 0 bridgehead atoms. The topological polar surface area (TPSA) is 135 Å². The first kappa shape index (κ1) is 22.5. The Morgan fingerprint density at radius 3 is 2.07 bits per heavy atom. The zero-order valence-corrected chi connectivity index (χ0v) is 17.1. The van der Waals surface area contributed by atoms with Gasteiger partial charge in [0, 0.05) is 5.69 Å². The van der Waals surface area contributed by atoms with Crippen LogP contribution in [0.3, 0.4) is 0 Å². The van der Waals surface area contributed by atoms with E-state index in [4.69, 9.17) is 10.5 Å². The van der Waals surface area contributed by atoms with Crippen molar-refractivity contribution in [3.05, 3.63) is 54.6 Å². The molecule has 2 aromatic rings. The number of nitrogens with one attached hydrogen (secondary N) is 2. The smallest absolute Gasteiger partial charge is 0.408 e. The van der Waals surface area contributed by atoms with E-state index < -0.39 is 29.6 Å². The van der Waals surface area contributed by atoms with E-state index in [2.05, 4.69) is 20.9 Å². The van der Waals surface area contributed by atoms with Gasteiger partial charge in [-0.1, -0.05) is 18.2 Å². The van der Waals surface area contributed by atoms with Gasteiger partial charge in [0.2, 0.25) is 11.8 Å². The van der Waals surface area contributed by atoms with Crippen molar-refractivity contribution in [3.63, 3.8) is 0 Å². The maximum atomic E-state index is 12.5. The molecule has 9 heteroatoms. The van der Waals surface area contributed by atoms with Gasteiger partial charge in [-0.05, 0) is 57.2 Å². The molecule has 0 saturated heterocycles. The number of azo groups is 1. The first-order chi connectivity index (χ1) is 14.1. The molecule has 3 amide bonds. The van der Waals surface area contributed by atoms with Gasteiger partial charge >= 0.3 is 6.09 Å². The summed E-state index contributed by atoms with van der Waals surface area (Å²) < 4.78 is 5.12. The first-order valence-electron chi connectivity index (χ1n) is 9.28. The molecule has 1 atom stereocenters. The lowest BCUT2D eigenvalue weighted by molar-refractivity contribution is -0.124. The molecule has 9 nitrogen and oxygen atoms in total.